The summed E-state index contributed by atoms with van der Waals surface area (Å²) in [5.74, 6) is -3.27. The van der Waals surface area contributed by atoms with Crippen LogP contribution in [0.4, 0.5) is 33.6 Å². The number of halogens is 5. The lowest BCUT2D eigenvalue weighted by Gasteiger charge is -2.09. The fraction of sp³-hybridized carbons (Fsp3) is 0.0625. The average Bonchev–Trinajstić information content (AvgIpc) is 2.96. The van der Waals surface area contributed by atoms with E-state index in [1.54, 1.807) is 0 Å². The quantitative estimate of drug-likeness (QED) is 0.679. The molecule has 3 N–H and O–H groups in total. The molecule has 0 atom stereocenters. The number of nitrogen functional groups attached to an aromatic ring is 1. The van der Waals surface area contributed by atoms with Crippen LogP contribution in [0.5, 0.6) is 0 Å². The van der Waals surface area contributed by atoms with Gasteiger partial charge in [0.05, 0.1) is 11.8 Å². The zero-order valence-electron chi connectivity index (χ0n) is 13.3. The Hall–Kier alpha value is -3.50. The van der Waals surface area contributed by atoms with Crippen LogP contribution in [0.25, 0.3) is 5.69 Å². The van der Waals surface area contributed by atoms with Gasteiger partial charge in [-0.2, -0.15) is 18.3 Å². The van der Waals surface area contributed by atoms with Crippen LogP contribution in [0.15, 0.2) is 42.7 Å². The van der Waals surface area contributed by atoms with Crippen molar-refractivity contribution in [3.05, 3.63) is 65.5 Å². The zero-order valence-corrected chi connectivity index (χ0v) is 13.3. The van der Waals surface area contributed by atoms with Crippen LogP contribution in [-0.4, -0.2) is 20.7 Å². The van der Waals surface area contributed by atoms with Gasteiger partial charge in [-0.3, -0.25) is 4.79 Å². The van der Waals surface area contributed by atoms with E-state index in [4.69, 9.17) is 5.73 Å². The molecule has 1 aromatic carbocycles. The molecule has 2 aromatic heterocycles. The highest BCUT2D eigenvalue weighted by Gasteiger charge is 2.30. The Bertz CT molecular complexity index is 977. The third-order valence-corrected chi connectivity index (χ3v) is 3.53. The molecule has 0 unspecified atom stereocenters. The number of aromatic nitrogens is 3. The minimum Gasteiger partial charge on any atom is -0.383 e. The maximum absolute atomic E-state index is 13.8. The van der Waals surface area contributed by atoms with Crippen molar-refractivity contribution >= 4 is 17.5 Å². The number of carbonyl (C=O) groups is 1. The number of carbonyl (C=O) groups excluding carboxylic acids is 1. The summed E-state index contributed by atoms with van der Waals surface area (Å²) in [6.07, 6.45) is -3.04. The molecule has 0 aliphatic rings. The molecule has 0 spiro atoms. The van der Waals surface area contributed by atoms with Crippen molar-refractivity contribution in [3.63, 3.8) is 0 Å². The largest absolute Gasteiger partial charge is 0.417 e. The molecule has 3 aromatic rings. The first-order chi connectivity index (χ1) is 12.7. The highest BCUT2D eigenvalue weighted by Crippen LogP contribution is 2.29. The number of nitrogens with zero attached hydrogens (tertiary/aromatic N) is 3. The third-order valence-electron chi connectivity index (χ3n) is 3.53. The van der Waals surface area contributed by atoms with Gasteiger partial charge in [0.1, 0.15) is 22.9 Å². The highest BCUT2D eigenvalue weighted by molar-refractivity contribution is 6.06. The summed E-state index contributed by atoms with van der Waals surface area (Å²) >= 11 is 0. The number of nitrogens with two attached hydrogens (primary N) is 1. The van der Waals surface area contributed by atoms with Crippen molar-refractivity contribution < 1.29 is 26.7 Å². The fourth-order valence-corrected chi connectivity index (χ4v) is 2.22. The molecule has 0 aliphatic heterocycles. The smallest absolute Gasteiger partial charge is 0.383 e. The molecule has 27 heavy (non-hydrogen) atoms. The Balaban J connectivity index is 1.86. The summed E-state index contributed by atoms with van der Waals surface area (Å²) in [6.45, 7) is 0. The average molecular weight is 383 g/mol. The minimum absolute atomic E-state index is 0.169. The van der Waals surface area contributed by atoms with E-state index >= 15 is 0 Å². The lowest BCUT2D eigenvalue weighted by atomic mass is 10.2. The van der Waals surface area contributed by atoms with E-state index in [1.165, 1.54) is 0 Å². The minimum atomic E-state index is -4.56. The summed E-state index contributed by atoms with van der Waals surface area (Å²) in [7, 11) is 0. The van der Waals surface area contributed by atoms with Crippen LogP contribution in [0.1, 0.15) is 15.9 Å². The molecule has 0 radical (unpaired) electrons. The normalized spacial score (nSPS) is 11.4. The second-order valence-corrected chi connectivity index (χ2v) is 5.31. The SMILES string of the molecule is Nc1c(C(=O)Nc2ccc(C(F)(F)F)cn2)cnn1-c1c(F)cccc1F. The lowest BCUT2D eigenvalue weighted by Crippen LogP contribution is -2.16. The number of hydrogen-bond donors (Lipinski definition) is 2. The van der Waals surface area contributed by atoms with E-state index in [-0.39, 0.29) is 17.2 Å². The number of amides is 1. The lowest BCUT2D eigenvalue weighted by molar-refractivity contribution is -0.137. The van der Waals surface area contributed by atoms with Gasteiger partial charge < -0.3 is 11.1 Å². The maximum Gasteiger partial charge on any atom is 0.417 e. The second-order valence-electron chi connectivity index (χ2n) is 5.31. The highest BCUT2D eigenvalue weighted by atomic mass is 19.4. The predicted octanol–water partition coefficient (Wildman–Crippen LogP) is 3.40. The standard InChI is InChI=1S/C16H10F5N5O/c17-10-2-1-3-11(18)13(10)26-14(22)9(7-24-26)15(27)25-12-5-4-8(6-23-12)16(19,20)21/h1-7H,22H2,(H,23,25,27). The topological polar surface area (TPSA) is 85.8 Å². The summed E-state index contributed by atoms with van der Waals surface area (Å²) in [4.78, 5) is 15.7. The number of rotatable bonds is 3. The van der Waals surface area contributed by atoms with E-state index < -0.39 is 35.0 Å². The number of benzene rings is 1. The van der Waals surface area contributed by atoms with Crippen molar-refractivity contribution in [1.82, 2.24) is 14.8 Å². The molecule has 2 heterocycles. The molecular weight excluding hydrogens is 373 g/mol. The van der Waals surface area contributed by atoms with Crippen LogP contribution in [0.3, 0.4) is 0 Å². The number of para-hydroxylation sites is 1. The molecule has 0 saturated heterocycles. The Morgan fingerprint density at radius 3 is 2.30 bits per heavy atom. The van der Waals surface area contributed by atoms with Gasteiger partial charge in [0, 0.05) is 6.20 Å². The fourth-order valence-electron chi connectivity index (χ4n) is 2.22. The van der Waals surface area contributed by atoms with Gasteiger partial charge in [0.2, 0.25) is 0 Å². The van der Waals surface area contributed by atoms with E-state index in [0.717, 1.165) is 36.5 Å². The Labute approximate surface area is 148 Å². The first-order valence-electron chi connectivity index (χ1n) is 7.31. The van der Waals surface area contributed by atoms with Crippen LogP contribution in [0.2, 0.25) is 0 Å². The molecular formula is C16H10F5N5O. The predicted molar refractivity (Wildman–Crippen MR) is 85.1 cm³/mol. The molecule has 0 saturated carbocycles. The first kappa shape index (κ1) is 18.3. The van der Waals surface area contributed by atoms with Gasteiger partial charge in [-0.15, -0.1) is 0 Å². The van der Waals surface area contributed by atoms with Crippen molar-refractivity contribution in [1.29, 1.82) is 0 Å². The van der Waals surface area contributed by atoms with Crippen LogP contribution < -0.4 is 11.1 Å². The van der Waals surface area contributed by atoms with E-state index in [0.29, 0.717) is 10.9 Å². The Kier molecular flexibility index (Phi) is 4.52. The molecule has 6 nitrogen and oxygen atoms in total. The summed E-state index contributed by atoms with van der Waals surface area (Å²) in [5, 5.41) is 5.93. The summed E-state index contributed by atoms with van der Waals surface area (Å²) in [5.41, 5.74) is 3.96. The van der Waals surface area contributed by atoms with Gasteiger partial charge in [-0.25, -0.2) is 18.4 Å². The van der Waals surface area contributed by atoms with E-state index in [2.05, 4.69) is 15.4 Å². The number of hydrogen-bond acceptors (Lipinski definition) is 4. The molecule has 0 fully saturated rings. The number of anilines is 2. The van der Waals surface area contributed by atoms with E-state index in [9.17, 15) is 26.7 Å². The van der Waals surface area contributed by atoms with E-state index in [1.807, 2.05) is 0 Å². The summed E-state index contributed by atoms with van der Waals surface area (Å²) < 4.78 is 65.9. The van der Waals surface area contributed by atoms with Gasteiger partial charge in [-0.05, 0) is 24.3 Å². The van der Waals surface area contributed by atoms with Crippen molar-refractivity contribution in [2.45, 2.75) is 6.18 Å². The molecule has 0 bridgehead atoms. The molecule has 1 amide bonds. The zero-order chi connectivity index (χ0) is 19.8. The van der Waals surface area contributed by atoms with Crippen LogP contribution >= 0.6 is 0 Å². The van der Waals surface area contributed by atoms with Crippen molar-refractivity contribution in [2.24, 2.45) is 0 Å². The Morgan fingerprint density at radius 2 is 1.74 bits per heavy atom. The van der Waals surface area contributed by atoms with Gasteiger partial charge in [0.25, 0.3) is 5.91 Å². The second kappa shape index (κ2) is 6.67. The van der Waals surface area contributed by atoms with Crippen molar-refractivity contribution in [3.8, 4) is 5.69 Å². The molecule has 140 valence electrons. The summed E-state index contributed by atoms with van der Waals surface area (Å²) in [6, 6.07) is 4.83. The first-order valence-corrected chi connectivity index (χ1v) is 7.31. The number of nitrogens with one attached hydrogen (secondary N) is 1. The molecule has 0 aliphatic carbocycles. The molecule has 3 rings (SSSR count). The number of pyridine rings is 1. The Morgan fingerprint density at radius 1 is 1.07 bits per heavy atom. The monoisotopic (exact) mass is 383 g/mol. The van der Waals surface area contributed by atoms with Crippen LogP contribution in [-0.2, 0) is 6.18 Å². The van der Waals surface area contributed by atoms with Gasteiger partial charge in [-0.1, -0.05) is 6.07 Å². The van der Waals surface area contributed by atoms with Gasteiger partial charge in [0.15, 0.2) is 11.6 Å². The third kappa shape index (κ3) is 3.57. The molecule has 11 heteroatoms. The number of alkyl halides is 3. The van der Waals surface area contributed by atoms with Crippen LogP contribution in [0, 0.1) is 11.6 Å². The maximum atomic E-state index is 13.8. The van der Waals surface area contributed by atoms with Gasteiger partial charge >= 0.3 is 6.18 Å². The van der Waals surface area contributed by atoms with Crippen molar-refractivity contribution in [2.75, 3.05) is 11.1 Å².